The van der Waals surface area contributed by atoms with Gasteiger partial charge in [-0.15, -0.1) is 0 Å². The highest BCUT2D eigenvalue weighted by Gasteiger charge is 2.05. The highest BCUT2D eigenvalue weighted by atomic mass is 16.1. The number of rotatable bonds is 3. The first-order valence-electron chi connectivity index (χ1n) is 5.74. The van der Waals surface area contributed by atoms with E-state index in [1.165, 1.54) is 0 Å². The van der Waals surface area contributed by atoms with Gasteiger partial charge in [-0.2, -0.15) is 5.10 Å². The van der Waals surface area contributed by atoms with Gasteiger partial charge in [0.25, 0.3) is 0 Å². The lowest BCUT2D eigenvalue weighted by molar-refractivity contribution is 0.111. The van der Waals surface area contributed by atoms with E-state index in [0.29, 0.717) is 5.69 Å². The van der Waals surface area contributed by atoms with E-state index in [1.807, 2.05) is 24.4 Å². The molecule has 0 unspecified atom stereocenters. The fourth-order valence-electron chi connectivity index (χ4n) is 1.76. The molecule has 0 fully saturated rings. The Balaban J connectivity index is 1.99. The zero-order valence-electron chi connectivity index (χ0n) is 9.97. The Kier molecular flexibility index (Phi) is 2.86. The Morgan fingerprint density at radius 2 is 2.05 bits per heavy atom. The van der Waals surface area contributed by atoms with Crippen molar-refractivity contribution < 1.29 is 4.79 Å². The second-order valence-corrected chi connectivity index (χ2v) is 3.95. The number of nitrogens with zero attached hydrogens (tertiary/aromatic N) is 4. The van der Waals surface area contributed by atoms with Crippen LogP contribution in [0.15, 0.2) is 55.1 Å². The fourth-order valence-corrected chi connectivity index (χ4v) is 1.76. The molecule has 0 atom stereocenters. The molecular weight excluding hydrogens is 240 g/mol. The van der Waals surface area contributed by atoms with Crippen molar-refractivity contribution in [3.63, 3.8) is 0 Å². The third kappa shape index (κ3) is 2.26. The quantitative estimate of drug-likeness (QED) is 0.668. The van der Waals surface area contributed by atoms with Gasteiger partial charge in [0.15, 0.2) is 6.29 Å². The van der Waals surface area contributed by atoms with Crippen LogP contribution in [-0.2, 0) is 0 Å². The van der Waals surface area contributed by atoms with E-state index in [2.05, 4.69) is 15.1 Å². The molecule has 0 aliphatic carbocycles. The zero-order chi connectivity index (χ0) is 13.1. The van der Waals surface area contributed by atoms with Crippen LogP contribution in [-0.4, -0.2) is 26.0 Å². The van der Waals surface area contributed by atoms with Crippen LogP contribution in [0.4, 0.5) is 0 Å². The summed E-state index contributed by atoms with van der Waals surface area (Å²) < 4.78 is 1.72. The highest BCUT2D eigenvalue weighted by Crippen LogP contribution is 2.17. The standard InChI is InChI=1S/C14H10N4O/c19-10-12-3-1-5-14(17-12)11-7-16-18(9-11)13-4-2-6-15-8-13/h1-10H. The molecule has 92 valence electrons. The van der Waals surface area contributed by atoms with Crippen LogP contribution >= 0.6 is 0 Å². The molecule has 0 spiro atoms. The summed E-state index contributed by atoms with van der Waals surface area (Å²) in [5.41, 5.74) is 2.86. The van der Waals surface area contributed by atoms with Crippen LogP contribution in [0.3, 0.4) is 0 Å². The number of carbonyl (C=O) groups is 1. The van der Waals surface area contributed by atoms with Gasteiger partial charge >= 0.3 is 0 Å². The third-order valence-corrected chi connectivity index (χ3v) is 2.68. The van der Waals surface area contributed by atoms with Crippen molar-refractivity contribution >= 4 is 6.29 Å². The summed E-state index contributed by atoms with van der Waals surface area (Å²) in [5.74, 6) is 0. The molecule has 0 saturated heterocycles. The van der Waals surface area contributed by atoms with Gasteiger partial charge in [0.05, 0.1) is 23.8 Å². The fraction of sp³-hybridized carbons (Fsp3) is 0. The molecule has 0 N–H and O–H groups in total. The minimum absolute atomic E-state index is 0.409. The molecule has 5 nitrogen and oxygen atoms in total. The Morgan fingerprint density at radius 1 is 1.11 bits per heavy atom. The molecule has 0 saturated carbocycles. The predicted octanol–water partition coefficient (Wildman–Crippen LogP) is 2.14. The molecule has 0 amide bonds. The van der Waals surface area contributed by atoms with E-state index in [1.54, 1.807) is 35.4 Å². The first kappa shape index (κ1) is 11.3. The van der Waals surface area contributed by atoms with Crippen LogP contribution in [0, 0.1) is 0 Å². The molecule has 3 heterocycles. The van der Waals surface area contributed by atoms with Crippen molar-refractivity contribution in [3.8, 4) is 16.9 Å². The minimum atomic E-state index is 0.409. The van der Waals surface area contributed by atoms with E-state index in [4.69, 9.17) is 0 Å². The molecule has 0 aliphatic heterocycles. The van der Waals surface area contributed by atoms with Crippen molar-refractivity contribution in [1.29, 1.82) is 0 Å². The molecule has 19 heavy (non-hydrogen) atoms. The number of pyridine rings is 2. The van der Waals surface area contributed by atoms with Gasteiger partial charge in [0.2, 0.25) is 0 Å². The van der Waals surface area contributed by atoms with Gasteiger partial charge in [-0.1, -0.05) is 6.07 Å². The number of hydrogen-bond acceptors (Lipinski definition) is 4. The Bertz CT molecular complexity index is 706. The topological polar surface area (TPSA) is 60.7 Å². The maximum atomic E-state index is 10.7. The summed E-state index contributed by atoms with van der Waals surface area (Å²) in [6.07, 6.45) is 7.74. The van der Waals surface area contributed by atoms with Gasteiger partial charge in [-0.3, -0.25) is 9.78 Å². The molecule has 3 aromatic rings. The number of aldehydes is 1. The van der Waals surface area contributed by atoms with E-state index in [-0.39, 0.29) is 0 Å². The largest absolute Gasteiger partial charge is 0.296 e. The van der Waals surface area contributed by atoms with Crippen LogP contribution in [0.1, 0.15) is 10.5 Å². The molecule has 0 bridgehead atoms. The van der Waals surface area contributed by atoms with Gasteiger partial charge in [-0.25, -0.2) is 9.67 Å². The molecule has 0 aromatic carbocycles. The molecule has 3 rings (SSSR count). The molecule has 0 aliphatic rings. The second-order valence-electron chi connectivity index (χ2n) is 3.95. The molecular formula is C14H10N4O. The summed E-state index contributed by atoms with van der Waals surface area (Å²) in [6.45, 7) is 0. The number of aromatic nitrogens is 4. The highest BCUT2D eigenvalue weighted by molar-refractivity contribution is 5.73. The van der Waals surface area contributed by atoms with Crippen LogP contribution in [0.25, 0.3) is 16.9 Å². The predicted molar refractivity (Wildman–Crippen MR) is 70.0 cm³/mol. The lowest BCUT2D eigenvalue weighted by Gasteiger charge is -1.99. The molecule has 0 radical (unpaired) electrons. The van der Waals surface area contributed by atoms with Crippen molar-refractivity contribution in [1.82, 2.24) is 19.7 Å². The Hall–Kier alpha value is -2.82. The van der Waals surface area contributed by atoms with Crippen molar-refractivity contribution in [2.45, 2.75) is 0 Å². The van der Waals surface area contributed by atoms with Crippen LogP contribution < -0.4 is 0 Å². The zero-order valence-corrected chi connectivity index (χ0v) is 9.97. The Labute approximate surface area is 109 Å². The summed E-state index contributed by atoms with van der Waals surface area (Å²) in [7, 11) is 0. The summed E-state index contributed by atoms with van der Waals surface area (Å²) >= 11 is 0. The lowest BCUT2D eigenvalue weighted by Crippen LogP contribution is -1.93. The lowest BCUT2D eigenvalue weighted by atomic mass is 10.2. The normalized spacial score (nSPS) is 10.3. The first-order chi connectivity index (χ1) is 9.36. The average molecular weight is 250 g/mol. The molecule has 3 aromatic heterocycles. The van der Waals surface area contributed by atoms with Crippen molar-refractivity contribution in [3.05, 3.63) is 60.8 Å². The van der Waals surface area contributed by atoms with Crippen LogP contribution in [0.5, 0.6) is 0 Å². The van der Waals surface area contributed by atoms with Gasteiger partial charge in [0, 0.05) is 18.0 Å². The van der Waals surface area contributed by atoms with Crippen molar-refractivity contribution in [2.75, 3.05) is 0 Å². The van der Waals surface area contributed by atoms with E-state index < -0.39 is 0 Å². The number of hydrogen-bond donors (Lipinski definition) is 0. The third-order valence-electron chi connectivity index (χ3n) is 2.68. The van der Waals surface area contributed by atoms with Crippen LogP contribution in [0.2, 0.25) is 0 Å². The van der Waals surface area contributed by atoms with E-state index in [0.717, 1.165) is 23.2 Å². The van der Waals surface area contributed by atoms with E-state index >= 15 is 0 Å². The maximum absolute atomic E-state index is 10.7. The monoisotopic (exact) mass is 250 g/mol. The Morgan fingerprint density at radius 3 is 2.84 bits per heavy atom. The van der Waals surface area contributed by atoms with Gasteiger partial charge in [-0.05, 0) is 24.3 Å². The smallest absolute Gasteiger partial charge is 0.168 e. The summed E-state index contributed by atoms with van der Waals surface area (Å²) in [4.78, 5) is 19.0. The maximum Gasteiger partial charge on any atom is 0.168 e. The first-order valence-corrected chi connectivity index (χ1v) is 5.74. The summed E-state index contributed by atoms with van der Waals surface area (Å²) in [5, 5.41) is 4.27. The number of carbonyl (C=O) groups excluding carboxylic acids is 1. The van der Waals surface area contributed by atoms with Gasteiger partial charge < -0.3 is 0 Å². The van der Waals surface area contributed by atoms with Crippen molar-refractivity contribution in [2.24, 2.45) is 0 Å². The minimum Gasteiger partial charge on any atom is -0.296 e. The SMILES string of the molecule is O=Cc1cccc(-c2cnn(-c3cccnc3)c2)n1. The second kappa shape index (κ2) is 4.81. The van der Waals surface area contributed by atoms with Gasteiger partial charge in [0.1, 0.15) is 5.69 Å². The summed E-state index contributed by atoms with van der Waals surface area (Å²) in [6, 6.07) is 9.08. The molecule has 5 heteroatoms. The van der Waals surface area contributed by atoms with E-state index in [9.17, 15) is 4.79 Å². The average Bonchev–Trinajstić information content (AvgIpc) is 2.98.